The number of imide groups is 1. The molecule has 0 atom stereocenters. The van der Waals surface area contributed by atoms with E-state index in [1.54, 1.807) is 24.3 Å². The number of hydrogen-bond donors (Lipinski definition) is 1. The van der Waals surface area contributed by atoms with Crippen molar-refractivity contribution in [1.82, 2.24) is 4.98 Å². The molecule has 0 fully saturated rings. The first-order chi connectivity index (χ1) is 11.1. The van der Waals surface area contributed by atoms with Gasteiger partial charge in [0.25, 0.3) is 11.8 Å². The first-order valence-corrected chi connectivity index (χ1v) is 6.83. The zero-order valence-corrected chi connectivity index (χ0v) is 11.7. The Morgan fingerprint density at radius 3 is 2.26 bits per heavy atom. The highest BCUT2D eigenvalue weighted by molar-refractivity contribution is 6.34. The number of carbonyl (C=O) groups excluding carboxylic acids is 2. The van der Waals surface area contributed by atoms with Crippen LogP contribution in [0.3, 0.4) is 0 Å². The van der Waals surface area contributed by atoms with Crippen LogP contribution in [-0.4, -0.2) is 21.9 Å². The average Bonchev–Trinajstić information content (AvgIpc) is 2.79. The number of halogens is 1. The Morgan fingerprint density at radius 1 is 0.957 bits per heavy atom. The van der Waals surface area contributed by atoms with E-state index < -0.39 is 17.6 Å². The van der Waals surface area contributed by atoms with Gasteiger partial charge in [0, 0.05) is 5.39 Å². The summed E-state index contributed by atoms with van der Waals surface area (Å²) in [6.45, 7) is 0. The van der Waals surface area contributed by atoms with Gasteiger partial charge in [0.05, 0.1) is 16.6 Å². The maximum absolute atomic E-state index is 13.2. The fraction of sp³-hybridized carbons (Fsp3) is 0. The van der Waals surface area contributed by atoms with Crippen molar-refractivity contribution >= 4 is 28.5 Å². The quantitative estimate of drug-likeness (QED) is 0.702. The number of benzene rings is 2. The van der Waals surface area contributed by atoms with E-state index in [0.717, 1.165) is 4.90 Å². The van der Waals surface area contributed by atoms with Gasteiger partial charge in [-0.25, -0.2) is 14.3 Å². The highest BCUT2D eigenvalue weighted by Crippen LogP contribution is 2.34. The van der Waals surface area contributed by atoms with Crippen LogP contribution in [0.2, 0.25) is 0 Å². The Kier molecular flexibility index (Phi) is 2.68. The third-order valence-electron chi connectivity index (χ3n) is 3.74. The molecule has 0 saturated heterocycles. The number of anilines is 1. The number of nitrogens with zero attached hydrogens (tertiary/aromatic N) is 2. The summed E-state index contributed by atoms with van der Waals surface area (Å²) in [5.41, 5.74) is 0.895. The van der Waals surface area contributed by atoms with Crippen molar-refractivity contribution in [2.24, 2.45) is 0 Å². The van der Waals surface area contributed by atoms with Gasteiger partial charge in [-0.15, -0.1) is 0 Å². The summed E-state index contributed by atoms with van der Waals surface area (Å²) in [6, 6.07) is 11.5. The fourth-order valence-corrected chi connectivity index (χ4v) is 2.67. The molecule has 2 aromatic carbocycles. The number of aromatic nitrogens is 1. The minimum Gasteiger partial charge on any atom is -0.504 e. The number of carbonyl (C=O) groups is 2. The molecule has 0 bridgehead atoms. The van der Waals surface area contributed by atoms with Gasteiger partial charge in [-0.3, -0.25) is 9.59 Å². The predicted octanol–water partition coefficient (Wildman–Crippen LogP) is 2.88. The van der Waals surface area contributed by atoms with Crippen LogP contribution in [0.1, 0.15) is 20.7 Å². The highest BCUT2D eigenvalue weighted by Gasteiger charge is 2.38. The van der Waals surface area contributed by atoms with Crippen LogP contribution in [-0.2, 0) is 0 Å². The van der Waals surface area contributed by atoms with E-state index in [4.69, 9.17) is 0 Å². The normalized spacial score (nSPS) is 13.7. The molecular formula is C17H9FN2O3. The lowest BCUT2D eigenvalue weighted by Gasteiger charge is -2.15. The van der Waals surface area contributed by atoms with Gasteiger partial charge < -0.3 is 5.11 Å². The number of rotatable bonds is 1. The maximum Gasteiger partial charge on any atom is 0.267 e. The second-order valence-corrected chi connectivity index (χ2v) is 5.16. The highest BCUT2D eigenvalue weighted by atomic mass is 19.1. The SMILES string of the molecule is O=C1c2ccccc2C(=O)N1c1nc2ccc(F)cc2cc1O. The maximum atomic E-state index is 13.2. The molecule has 2 heterocycles. The Morgan fingerprint density at radius 2 is 1.61 bits per heavy atom. The topological polar surface area (TPSA) is 70.5 Å². The van der Waals surface area contributed by atoms with Crippen molar-refractivity contribution < 1.29 is 19.1 Å². The second kappa shape index (κ2) is 4.61. The van der Waals surface area contributed by atoms with Crippen LogP contribution in [0, 0.1) is 5.82 Å². The molecule has 0 radical (unpaired) electrons. The molecule has 23 heavy (non-hydrogen) atoms. The minimum absolute atomic E-state index is 0.157. The molecule has 5 nitrogen and oxygen atoms in total. The first kappa shape index (κ1) is 13.4. The Labute approximate surface area is 129 Å². The summed E-state index contributed by atoms with van der Waals surface area (Å²) in [4.78, 5) is 29.9. The number of hydrogen-bond acceptors (Lipinski definition) is 4. The third kappa shape index (κ3) is 1.88. The van der Waals surface area contributed by atoms with Crippen molar-refractivity contribution in [3.05, 3.63) is 65.5 Å². The molecule has 3 aromatic rings. The van der Waals surface area contributed by atoms with Crippen LogP contribution in [0.25, 0.3) is 10.9 Å². The fourth-order valence-electron chi connectivity index (χ4n) is 2.67. The van der Waals surface area contributed by atoms with Crippen LogP contribution >= 0.6 is 0 Å². The van der Waals surface area contributed by atoms with Crippen LogP contribution in [0.5, 0.6) is 5.75 Å². The molecule has 0 aliphatic carbocycles. The largest absolute Gasteiger partial charge is 0.504 e. The molecule has 112 valence electrons. The van der Waals surface area contributed by atoms with E-state index in [1.807, 2.05) is 0 Å². The predicted molar refractivity (Wildman–Crippen MR) is 80.9 cm³/mol. The van der Waals surface area contributed by atoms with Gasteiger partial charge in [0.2, 0.25) is 0 Å². The summed E-state index contributed by atoms with van der Waals surface area (Å²) in [5.74, 6) is -2.08. The van der Waals surface area contributed by atoms with E-state index in [-0.39, 0.29) is 22.7 Å². The van der Waals surface area contributed by atoms with E-state index in [0.29, 0.717) is 10.9 Å². The van der Waals surface area contributed by atoms with Gasteiger partial charge in [0.1, 0.15) is 5.82 Å². The molecule has 0 spiro atoms. The summed E-state index contributed by atoms with van der Waals surface area (Å²) < 4.78 is 13.2. The lowest BCUT2D eigenvalue weighted by atomic mass is 10.1. The molecule has 2 amide bonds. The number of aromatic hydroxyl groups is 1. The van der Waals surface area contributed by atoms with Crippen molar-refractivity contribution in [2.75, 3.05) is 4.90 Å². The lowest BCUT2D eigenvalue weighted by Crippen LogP contribution is -2.30. The Hall–Kier alpha value is -3.28. The van der Waals surface area contributed by atoms with Gasteiger partial charge in [0.15, 0.2) is 11.6 Å². The summed E-state index contributed by atoms with van der Waals surface area (Å²) >= 11 is 0. The minimum atomic E-state index is -0.546. The van der Waals surface area contributed by atoms with Crippen molar-refractivity contribution in [2.45, 2.75) is 0 Å². The number of pyridine rings is 1. The molecule has 1 N–H and O–H groups in total. The summed E-state index contributed by atoms with van der Waals surface area (Å²) in [6.07, 6.45) is 0. The first-order valence-electron chi connectivity index (χ1n) is 6.83. The zero-order valence-electron chi connectivity index (χ0n) is 11.7. The number of fused-ring (bicyclic) bond motifs is 2. The standard InChI is InChI=1S/C17H9FN2O3/c18-10-5-6-13-9(7-10)8-14(21)15(19-13)20-16(22)11-3-1-2-4-12(11)17(20)23/h1-8,21H. The van der Waals surface area contributed by atoms with Crippen LogP contribution in [0.4, 0.5) is 10.2 Å². The molecule has 1 aliphatic rings. The van der Waals surface area contributed by atoms with Gasteiger partial charge in [-0.2, -0.15) is 0 Å². The molecule has 0 unspecified atom stereocenters. The Balaban J connectivity index is 1.90. The lowest BCUT2D eigenvalue weighted by molar-refractivity contribution is 0.0924. The van der Waals surface area contributed by atoms with E-state index in [1.165, 1.54) is 24.3 Å². The zero-order chi connectivity index (χ0) is 16.1. The molecule has 0 saturated carbocycles. The molecule has 6 heteroatoms. The average molecular weight is 308 g/mol. The van der Waals surface area contributed by atoms with E-state index in [9.17, 15) is 19.1 Å². The summed E-state index contributed by atoms with van der Waals surface area (Å²) in [5, 5.41) is 10.5. The second-order valence-electron chi connectivity index (χ2n) is 5.16. The third-order valence-corrected chi connectivity index (χ3v) is 3.74. The Bertz CT molecular complexity index is 965. The van der Waals surface area contributed by atoms with Crippen LogP contribution in [0.15, 0.2) is 48.5 Å². The smallest absolute Gasteiger partial charge is 0.267 e. The molecule has 1 aliphatic heterocycles. The molecule has 4 rings (SSSR count). The van der Waals surface area contributed by atoms with Gasteiger partial charge >= 0.3 is 0 Å². The van der Waals surface area contributed by atoms with E-state index >= 15 is 0 Å². The monoisotopic (exact) mass is 308 g/mol. The van der Waals surface area contributed by atoms with Gasteiger partial charge in [-0.1, -0.05) is 12.1 Å². The van der Waals surface area contributed by atoms with Gasteiger partial charge in [-0.05, 0) is 36.4 Å². The molecular weight excluding hydrogens is 299 g/mol. The van der Waals surface area contributed by atoms with Crippen molar-refractivity contribution in [3.8, 4) is 5.75 Å². The number of amides is 2. The van der Waals surface area contributed by atoms with Crippen molar-refractivity contribution in [3.63, 3.8) is 0 Å². The molecule has 1 aromatic heterocycles. The van der Waals surface area contributed by atoms with Crippen molar-refractivity contribution in [1.29, 1.82) is 0 Å². The summed E-state index contributed by atoms with van der Waals surface area (Å²) in [7, 11) is 0. The van der Waals surface area contributed by atoms with Crippen LogP contribution < -0.4 is 4.90 Å². The van der Waals surface area contributed by atoms with E-state index in [2.05, 4.69) is 4.98 Å².